The zero-order chi connectivity index (χ0) is 11.1. The Kier molecular flexibility index (Phi) is 2.33. The van der Waals surface area contributed by atoms with Crippen molar-refractivity contribution in [3.63, 3.8) is 0 Å². The van der Waals surface area contributed by atoms with Crippen molar-refractivity contribution in [1.82, 2.24) is 9.55 Å². The van der Waals surface area contributed by atoms with Crippen LogP contribution in [0.3, 0.4) is 0 Å². The molecule has 1 atom stereocenters. The van der Waals surface area contributed by atoms with Gasteiger partial charge in [0.1, 0.15) is 0 Å². The zero-order valence-corrected chi connectivity index (χ0v) is 10.0. The average molecular weight is 234 g/mol. The maximum atomic E-state index is 5.43. The molecule has 0 saturated carbocycles. The number of nitrogens with zero attached hydrogens (tertiary/aromatic N) is 1. The Hall–Kier alpha value is -1.13. The number of fused-ring (bicyclic) bond motifs is 1. The quantitative estimate of drug-likeness (QED) is 0.769. The summed E-state index contributed by atoms with van der Waals surface area (Å²) in [6.07, 6.45) is 1.05. The van der Waals surface area contributed by atoms with Gasteiger partial charge in [-0.2, -0.15) is 0 Å². The molecular weight excluding hydrogens is 220 g/mol. The molecule has 3 rings (SSSR count). The van der Waals surface area contributed by atoms with E-state index >= 15 is 0 Å². The van der Waals surface area contributed by atoms with Crippen molar-refractivity contribution >= 4 is 23.3 Å². The first-order chi connectivity index (χ1) is 7.75. The Morgan fingerprint density at radius 2 is 2.38 bits per heavy atom. The standard InChI is InChI=1S/C12H14N2OS/c1-8-2-3-10-11(6-8)14(12(16)13-10)9-4-5-15-7-9/h2-3,6,9H,4-5,7H2,1H3,(H,13,16). The van der Waals surface area contributed by atoms with Crippen LogP contribution in [0.5, 0.6) is 0 Å². The van der Waals surface area contributed by atoms with Gasteiger partial charge in [0.25, 0.3) is 0 Å². The van der Waals surface area contributed by atoms with Gasteiger partial charge in [-0.15, -0.1) is 0 Å². The molecule has 1 unspecified atom stereocenters. The summed E-state index contributed by atoms with van der Waals surface area (Å²) in [6.45, 7) is 3.71. The summed E-state index contributed by atoms with van der Waals surface area (Å²) in [6, 6.07) is 6.76. The molecular formula is C12H14N2OS. The molecule has 16 heavy (non-hydrogen) atoms. The SMILES string of the molecule is Cc1ccc2[nH]c(=S)n(C3CCOC3)c2c1. The molecule has 4 heteroatoms. The Morgan fingerprint density at radius 3 is 3.12 bits per heavy atom. The van der Waals surface area contributed by atoms with Gasteiger partial charge in [-0.1, -0.05) is 6.07 Å². The van der Waals surface area contributed by atoms with Crippen molar-refractivity contribution in [2.75, 3.05) is 13.2 Å². The number of benzene rings is 1. The summed E-state index contributed by atoms with van der Waals surface area (Å²) in [4.78, 5) is 3.25. The minimum absolute atomic E-state index is 0.392. The first-order valence-electron chi connectivity index (χ1n) is 5.54. The van der Waals surface area contributed by atoms with Crippen molar-refractivity contribution in [3.8, 4) is 0 Å². The average Bonchev–Trinajstić information content (AvgIpc) is 2.83. The lowest BCUT2D eigenvalue weighted by Crippen LogP contribution is -2.08. The third-order valence-corrected chi connectivity index (χ3v) is 3.44. The third kappa shape index (κ3) is 1.49. The van der Waals surface area contributed by atoms with Crippen LogP contribution in [0.15, 0.2) is 18.2 Å². The van der Waals surface area contributed by atoms with E-state index in [0.29, 0.717) is 6.04 Å². The molecule has 0 spiro atoms. The van der Waals surface area contributed by atoms with Crippen LogP contribution in [0.25, 0.3) is 11.0 Å². The summed E-state index contributed by atoms with van der Waals surface area (Å²) in [5.74, 6) is 0. The van der Waals surface area contributed by atoms with Crippen LogP contribution in [-0.4, -0.2) is 22.8 Å². The van der Waals surface area contributed by atoms with E-state index in [9.17, 15) is 0 Å². The maximum absolute atomic E-state index is 5.43. The monoisotopic (exact) mass is 234 g/mol. The van der Waals surface area contributed by atoms with Crippen molar-refractivity contribution < 1.29 is 4.74 Å². The highest BCUT2D eigenvalue weighted by atomic mass is 32.1. The van der Waals surface area contributed by atoms with Crippen molar-refractivity contribution in [1.29, 1.82) is 0 Å². The predicted octanol–water partition coefficient (Wildman–Crippen LogP) is 2.97. The normalized spacial score (nSPS) is 20.7. The number of nitrogens with one attached hydrogen (secondary N) is 1. The van der Waals surface area contributed by atoms with Crippen LogP contribution in [0.1, 0.15) is 18.0 Å². The molecule has 1 aliphatic heterocycles. The molecule has 0 aliphatic carbocycles. The van der Waals surface area contributed by atoms with Crippen molar-refractivity contribution in [2.24, 2.45) is 0 Å². The molecule has 1 saturated heterocycles. The topological polar surface area (TPSA) is 29.9 Å². The molecule has 0 bridgehead atoms. The van der Waals surface area contributed by atoms with Crippen LogP contribution in [0.2, 0.25) is 0 Å². The summed E-state index contributed by atoms with van der Waals surface area (Å²) in [5, 5.41) is 0. The molecule has 84 valence electrons. The van der Waals surface area contributed by atoms with Crippen LogP contribution < -0.4 is 0 Å². The van der Waals surface area contributed by atoms with E-state index in [0.717, 1.165) is 29.9 Å². The van der Waals surface area contributed by atoms with Crippen LogP contribution in [0.4, 0.5) is 0 Å². The molecule has 2 heterocycles. The number of aromatic amines is 1. The molecule has 2 aromatic rings. The third-order valence-electron chi connectivity index (χ3n) is 3.14. The van der Waals surface area contributed by atoms with E-state index in [1.165, 1.54) is 11.1 Å². The number of imidazole rings is 1. The van der Waals surface area contributed by atoms with E-state index in [-0.39, 0.29) is 0 Å². The molecule has 1 N–H and O–H groups in total. The van der Waals surface area contributed by atoms with Crippen LogP contribution >= 0.6 is 12.2 Å². The van der Waals surface area contributed by atoms with E-state index in [1.807, 2.05) is 0 Å². The Balaban J connectivity index is 2.25. The predicted molar refractivity (Wildman–Crippen MR) is 66.3 cm³/mol. The summed E-state index contributed by atoms with van der Waals surface area (Å²) in [5.41, 5.74) is 3.57. The van der Waals surface area contributed by atoms with Gasteiger partial charge in [-0.05, 0) is 43.3 Å². The first-order valence-corrected chi connectivity index (χ1v) is 5.95. The summed E-state index contributed by atoms with van der Waals surface area (Å²) >= 11 is 5.38. The highest BCUT2D eigenvalue weighted by molar-refractivity contribution is 7.71. The second-order valence-electron chi connectivity index (χ2n) is 4.34. The van der Waals surface area contributed by atoms with Gasteiger partial charge >= 0.3 is 0 Å². The zero-order valence-electron chi connectivity index (χ0n) is 9.19. The highest BCUT2D eigenvalue weighted by Gasteiger charge is 2.20. The van der Waals surface area contributed by atoms with Crippen LogP contribution in [-0.2, 0) is 4.74 Å². The largest absolute Gasteiger partial charge is 0.379 e. The number of hydrogen-bond donors (Lipinski definition) is 1. The maximum Gasteiger partial charge on any atom is 0.178 e. The fourth-order valence-electron chi connectivity index (χ4n) is 2.32. The second-order valence-corrected chi connectivity index (χ2v) is 4.72. The minimum atomic E-state index is 0.392. The Bertz CT molecular complexity index is 578. The van der Waals surface area contributed by atoms with E-state index in [2.05, 4.69) is 34.7 Å². The molecule has 0 amide bonds. The lowest BCUT2D eigenvalue weighted by molar-refractivity contribution is 0.187. The lowest BCUT2D eigenvalue weighted by Gasteiger charge is -2.11. The molecule has 1 aromatic heterocycles. The van der Waals surface area contributed by atoms with Gasteiger partial charge in [0, 0.05) is 6.61 Å². The Morgan fingerprint density at radius 1 is 1.50 bits per heavy atom. The molecule has 0 radical (unpaired) electrons. The highest BCUT2D eigenvalue weighted by Crippen LogP contribution is 2.25. The fourth-order valence-corrected chi connectivity index (χ4v) is 2.68. The van der Waals surface area contributed by atoms with Gasteiger partial charge in [0.15, 0.2) is 4.77 Å². The number of H-pyrrole nitrogens is 1. The molecule has 1 aromatic carbocycles. The fraction of sp³-hybridized carbons (Fsp3) is 0.417. The van der Waals surface area contributed by atoms with E-state index in [4.69, 9.17) is 17.0 Å². The van der Waals surface area contributed by atoms with Gasteiger partial charge in [-0.3, -0.25) is 0 Å². The number of aryl methyl sites for hydroxylation is 1. The smallest absolute Gasteiger partial charge is 0.178 e. The van der Waals surface area contributed by atoms with Gasteiger partial charge < -0.3 is 14.3 Å². The lowest BCUT2D eigenvalue weighted by atomic mass is 10.2. The summed E-state index contributed by atoms with van der Waals surface area (Å²) < 4.78 is 8.44. The van der Waals surface area contributed by atoms with Gasteiger partial charge in [0.2, 0.25) is 0 Å². The molecule has 3 nitrogen and oxygen atoms in total. The second kappa shape index (κ2) is 3.71. The van der Waals surface area contributed by atoms with Gasteiger partial charge in [0.05, 0.1) is 23.7 Å². The molecule has 1 fully saturated rings. The number of ether oxygens (including phenoxy) is 1. The van der Waals surface area contributed by atoms with Crippen molar-refractivity contribution in [3.05, 3.63) is 28.5 Å². The van der Waals surface area contributed by atoms with E-state index < -0.39 is 0 Å². The van der Waals surface area contributed by atoms with Gasteiger partial charge in [-0.25, -0.2) is 0 Å². The number of rotatable bonds is 1. The number of hydrogen-bond acceptors (Lipinski definition) is 2. The van der Waals surface area contributed by atoms with Crippen molar-refractivity contribution in [2.45, 2.75) is 19.4 Å². The molecule has 1 aliphatic rings. The summed E-state index contributed by atoms with van der Waals surface area (Å²) in [7, 11) is 0. The Labute approximate surface area is 99.0 Å². The number of aromatic nitrogens is 2. The minimum Gasteiger partial charge on any atom is -0.379 e. The first kappa shape index (κ1) is 10.1. The van der Waals surface area contributed by atoms with E-state index in [1.54, 1.807) is 0 Å². The van der Waals surface area contributed by atoms with Crippen LogP contribution in [0, 0.1) is 11.7 Å².